The van der Waals surface area contributed by atoms with Crippen molar-refractivity contribution in [2.24, 2.45) is 0 Å². The van der Waals surface area contributed by atoms with Gasteiger partial charge in [0.15, 0.2) is 16.7 Å². The molecule has 6 nitrogen and oxygen atoms in total. The average Bonchev–Trinajstić information content (AvgIpc) is 3.53. The molecule has 0 N–H and O–H groups in total. The summed E-state index contributed by atoms with van der Waals surface area (Å²) in [5, 5.41) is 9.64. The fraction of sp³-hybridized carbons (Fsp3) is 0.0870. The van der Waals surface area contributed by atoms with Crippen molar-refractivity contribution in [1.82, 2.24) is 19.7 Å². The van der Waals surface area contributed by atoms with E-state index in [1.807, 2.05) is 78.2 Å². The van der Waals surface area contributed by atoms with Crippen LogP contribution in [0.1, 0.15) is 11.7 Å². The van der Waals surface area contributed by atoms with E-state index in [1.54, 1.807) is 12.5 Å². The van der Waals surface area contributed by atoms with E-state index in [4.69, 9.17) is 8.83 Å². The maximum Gasteiger partial charge on any atom is 0.205 e. The summed E-state index contributed by atoms with van der Waals surface area (Å²) in [5.41, 5.74) is 2.91. The van der Waals surface area contributed by atoms with Gasteiger partial charge in [-0.3, -0.25) is 4.57 Å². The fourth-order valence-electron chi connectivity index (χ4n) is 3.20. The highest BCUT2D eigenvalue weighted by Gasteiger charge is 2.19. The quantitative estimate of drug-likeness (QED) is 0.328. The number of aromatic nitrogens is 4. The van der Waals surface area contributed by atoms with Crippen molar-refractivity contribution in [3.8, 4) is 28.4 Å². The van der Waals surface area contributed by atoms with Gasteiger partial charge in [-0.1, -0.05) is 60.3 Å². The van der Waals surface area contributed by atoms with Crippen LogP contribution < -0.4 is 0 Å². The zero-order chi connectivity index (χ0) is 20.3. The normalized spacial score (nSPS) is 11.1. The van der Waals surface area contributed by atoms with Crippen molar-refractivity contribution < 1.29 is 8.83 Å². The molecule has 0 aliphatic rings. The summed E-state index contributed by atoms with van der Waals surface area (Å²) >= 11 is 1.53. The smallest absolute Gasteiger partial charge is 0.205 e. The lowest BCUT2D eigenvalue weighted by molar-refractivity contribution is 0.529. The van der Waals surface area contributed by atoms with Gasteiger partial charge < -0.3 is 8.83 Å². The first-order chi connectivity index (χ1) is 14.8. The molecule has 2 aromatic carbocycles. The predicted octanol–water partition coefficient (Wildman–Crippen LogP) is 5.78. The summed E-state index contributed by atoms with van der Waals surface area (Å²) in [6.45, 7) is 1.92. The molecule has 0 amide bonds. The molecule has 0 saturated heterocycles. The standard InChI is InChI=1S/C23H18N4O2S/c1-16-19(12-13-28-16)22-25-26-23(27(22)18-10-6-3-7-11-18)30-15-21-24-14-20(29-21)17-8-4-2-5-9-17/h2-14H,15H2,1H3. The molecule has 0 saturated carbocycles. The zero-order valence-electron chi connectivity index (χ0n) is 16.2. The highest BCUT2D eigenvalue weighted by Crippen LogP contribution is 2.32. The first-order valence-electron chi connectivity index (χ1n) is 9.48. The van der Waals surface area contributed by atoms with Gasteiger partial charge in [0.1, 0.15) is 5.76 Å². The Balaban J connectivity index is 1.45. The number of furan rings is 1. The van der Waals surface area contributed by atoms with E-state index >= 15 is 0 Å². The van der Waals surface area contributed by atoms with Crippen LogP contribution in [-0.2, 0) is 5.75 Å². The monoisotopic (exact) mass is 414 g/mol. The van der Waals surface area contributed by atoms with Crippen LogP contribution in [0.15, 0.2) is 93.2 Å². The number of benzene rings is 2. The van der Waals surface area contributed by atoms with E-state index in [1.165, 1.54) is 11.8 Å². The molecule has 0 atom stereocenters. The van der Waals surface area contributed by atoms with Gasteiger partial charge in [-0.15, -0.1) is 10.2 Å². The molecule has 0 bridgehead atoms. The first kappa shape index (κ1) is 18.4. The number of aryl methyl sites for hydroxylation is 1. The van der Waals surface area contributed by atoms with E-state index in [2.05, 4.69) is 15.2 Å². The Hall–Kier alpha value is -3.58. The van der Waals surface area contributed by atoms with Crippen molar-refractivity contribution in [3.05, 3.63) is 90.8 Å². The molecule has 0 radical (unpaired) electrons. The third-order valence-corrected chi connectivity index (χ3v) is 5.60. The predicted molar refractivity (Wildman–Crippen MR) is 115 cm³/mol. The topological polar surface area (TPSA) is 69.9 Å². The van der Waals surface area contributed by atoms with Crippen LogP contribution in [-0.4, -0.2) is 19.7 Å². The van der Waals surface area contributed by atoms with Crippen molar-refractivity contribution in [3.63, 3.8) is 0 Å². The fourth-order valence-corrected chi connectivity index (χ4v) is 4.01. The molecule has 0 aliphatic carbocycles. The number of para-hydroxylation sites is 1. The Morgan fingerprint density at radius 2 is 1.70 bits per heavy atom. The van der Waals surface area contributed by atoms with Crippen LogP contribution in [0.4, 0.5) is 0 Å². The van der Waals surface area contributed by atoms with Crippen molar-refractivity contribution in [1.29, 1.82) is 0 Å². The van der Waals surface area contributed by atoms with E-state index in [-0.39, 0.29) is 0 Å². The number of oxazole rings is 1. The Bertz CT molecular complexity index is 1260. The summed E-state index contributed by atoms with van der Waals surface area (Å²) in [6, 6.07) is 21.9. The molecular weight excluding hydrogens is 396 g/mol. The molecule has 0 fully saturated rings. The Labute approximate surface area is 177 Å². The van der Waals surface area contributed by atoms with Gasteiger partial charge >= 0.3 is 0 Å². The van der Waals surface area contributed by atoms with Crippen molar-refractivity contribution in [2.45, 2.75) is 17.8 Å². The molecule has 0 aliphatic heterocycles. The van der Waals surface area contributed by atoms with Crippen LogP contribution in [0.2, 0.25) is 0 Å². The van der Waals surface area contributed by atoms with Gasteiger partial charge in [0.05, 0.1) is 23.8 Å². The van der Waals surface area contributed by atoms with Crippen LogP contribution in [0.25, 0.3) is 28.4 Å². The lowest BCUT2D eigenvalue weighted by Crippen LogP contribution is -1.99. The largest absolute Gasteiger partial charge is 0.469 e. The van der Waals surface area contributed by atoms with Gasteiger partial charge in [-0.2, -0.15) is 0 Å². The minimum atomic E-state index is 0.544. The van der Waals surface area contributed by atoms with E-state index in [0.717, 1.165) is 39.3 Å². The first-order valence-corrected chi connectivity index (χ1v) is 10.5. The number of hydrogen-bond donors (Lipinski definition) is 0. The van der Waals surface area contributed by atoms with Crippen LogP contribution in [0.3, 0.4) is 0 Å². The van der Waals surface area contributed by atoms with Crippen LogP contribution in [0.5, 0.6) is 0 Å². The van der Waals surface area contributed by atoms with Crippen molar-refractivity contribution >= 4 is 11.8 Å². The van der Waals surface area contributed by atoms with E-state index in [9.17, 15) is 0 Å². The second-order valence-corrected chi connectivity index (χ2v) is 7.58. The van der Waals surface area contributed by atoms with Gasteiger partial charge in [0.2, 0.25) is 5.89 Å². The van der Waals surface area contributed by atoms with Gasteiger partial charge in [0.25, 0.3) is 0 Å². The number of thioether (sulfide) groups is 1. The molecule has 3 aromatic heterocycles. The maximum atomic E-state index is 5.93. The van der Waals surface area contributed by atoms with Gasteiger partial charge in [-0.05, 0) is 25.1 Å². The number of rotatable bonds is 6. The van der Waals surface area contributed by atoms with Crippen molar-refractivity contribution in [2.75, 3.05) is 0 Å². The molecule has 30 heavy (non-hydrogen) atoms. The highest BCUT2D eigenvalue weighted by atomic mass is 32.2. The van der Waals surface area contributed by atoms with Crippen LogP contribution in [0, 0.1) is 6.92 Å². The molecule has 148 valence electrons. The lowest BCUT2D eigenvalue weighted by atomic mass is 10.2. The minimum absolute atomic E-state index is 0.544. The third-order valence-electron chi connectivity index (χ3n) is 4.68. The Kier molecular flexibility index (Phi) is 4.94. The molecule has 5 rings (SSSR count). The molecule has 0 spiro atoms. The maximum absolute atomic E-state index is 5.93. The second kappa shape index (κ2) is 8.04. The summed E-state index contributed by atoms with van der Waals surface area (Å²) in [5.74, 6) is 3.49. The summed E-state index contributed by atoms with van der Waals surface area (Å²) in [7, 11) is 0. The third kappa shape index (κ3) is 3.55. The Morgan fingerprint density at radius 3 is 2.43 bits per heavy atom. The van der Waals surface area contributed by atoms with Gasteiger partial charge in [0, 0.05) is 11.3 Å². The SMILES string of the molecule is Cc1occc1-c1nnc(SCc2ncc(-c3ccccc3)o2)n1-c1ccccc1. The highest BCUT2D eigenvalue weighted by molar-refractivity contribution is 7.98. The van der Waals surface area contributed by atoms with Gasteiger partial charge in [-0.25, -0.2) is 4.98 Å². The molecular formula is C23H18N4O2S. The minimum Gasteiger partial charge on any atom is -0.469 e. The summed E-state index contributed by atoms with van der Waals surface area (Å²) in [6.07, 6.45) is 3.42. The summed E-state index contributed by atoms with van der Waals surface area (Å²) in [4.78, 5) is 4.42. The summed E-state index contributed by atoms with van der Waals surface area (Å²) < 4.78 is 13.4. The zero-order valence-corrected chi connectivity index (χ0v) is 17.0. The molecule has 3 heterocycles. The second-order valence-electron chi connectivity index (χ2n) is 6.64. The number of hydrogen-bond acceptors (Lipinski definition) is 6. The Morgan fingerprint density at radius 1 is 0.933 bits per heavy atom. The molecule has 7 heteroatoms. The van der Waals surface area contributed by atoms with E-state index < -0.39 is 0 Å². The van der Waals surface area contributed by atoms with E-state index in [0.29, 0.717) is 11.6 Å². The van der Waals surface area contributed by atoms with Crippen LogP contribution >= 0.6 is 11.8 Å². The number of nitrogens with zero attached hydrogens (tertiary/aromatic N) is 4. The lowest BCUT2D eigenvalue weighted by Gasteiger charge is -2.09. The average molecular weight is 414 g/mol. The molecule has 5 aromatic rings. The molecule has 0 unspecified atom stereocenters.